The standard InChI is InChI=1S/C13H17FN2O/c1-16(12(17)13(15)7-8-13)9-6-10-2-4-11(14)5-3-10/h2-5H,6-9,15H2,1H3. The predicted octanol–water partition coefficient (Wildman–Crippen LogP) is 1.32. The number of likely N-dealkylation sites (N-methyl/N-ethyl adjacent to an activating group) is 1. The van der Waals surface area contributed by atoms with Crippen molar-refractivity contribution >= 4 is 5.91 Å². The van der Waals surface area contributed by atoms with Gasteiger partial charge >= 0.3 is 0 Å². The van der Waals surface area contributed by atoms with Crippen molar-refractivity contribution in [3.05, 3.63) is 35.6 Å². The first-order chi connectivity index (χ1) is 8.01. The highest BCUT2D eigenvalue weighted by molar-refractivity contribution is 5.88. The van der Waals surface area contributed by atoms with Gasteiger partial charge in [-0.25, -0.2) is 4.39 Å². The molecular weight excluding hydrogens is 219 g/mol. The summed E-state index contributed by atoms with van der Waals surface area (Å²) in [5.41, 5.74) is 6.26. The third-order valence-electron chi connectivity index (χ3n) is 3.21. The number of rotatable bonds is 4. The molecule has 0 aromatic heterocycles. The van der Waals surface area contributed by atoms with Crippen LogP contribution in [0.25, 0.3) is 0 Å². The highest BCUT2D eigenvalue weighted by atomic mass is 19.1. The first-order valence-electron chi connectivity index (χ1n) is 5.80. The zero-order valence-corrected chi connectivity index (χ0v) is 9.95. The van der Waals surface area contributed by atoms with E-state index < -0.39 is 5.54 Å². The van der Waals surface area contributed by atoms with Crippen LogP contribution in [0.1, 0.15) is 18.4 Å². The highest BCUT2D eigenvalue weighted by Gasteiger charge is 2.47. The normalized spacial score (nSPS) is 16.6. The molecular formula is C13H17FN2O. The fourth-order valence-electron chi connectivity index (χ4n) is 1.78. The number of nitrogens with two attached hydrogens (primary N) is 1. The summed E-state index contributed by atoms with van der Waals surface area (Å²) < 4.78 is 12.7. The summed E-state index contributed by atoms with van der Waals surface area (Å²) in [7, 11) is 1.76. The van der Waals surface area contributed by atoms with Crippen LogP contribution in [0, 0.1) is 5.82 Å². The number of carbonyl (C=O) groups excluding carboxylic acids is 1. The zero-order chi connectivity index (χ0) is 12.5. The van der Waals surface area contributed by atoms with E-state index in [9.17, 15) is 9.18 Å². The number of halogens is 1. The second-order valence-electron chi connectivity index (χ2n) is 4.76. The lowest BCUT2D eigenvalue weighted by Crippen LogP contribution is -2.44. The molecule has 92 valence electrons. The van der Waals surface area contributed by atoms with Crippen LogP contribution in [0.2, 0.25) is 0 Å². The monoisotopic (exact) mass is 236 g/mol. The van der Waals surface area contributed by atoms with Crippen LogP contribution in [-0.2, 0) is 11.2 Å². The molecule has 1 aromatic carbocycles. The van der Waals surface area contributed by atoms with E-state index in [4.69, 9.17) is 5.73 Å². The quantitative estimate of drug-likeness (QED) is 0.857. The SMILES string of the molecule is CN(CCc1ccc(F)cc1)C(=O)C1(N)CC1. The molecule has 1 aromatic rings. The Kier molecular flexibility index (Phi) is 3.15. The van der Waals surface area contributed by atoms with E-state index in [2.05, 4.69) is 0 Å². The van der Waals surface area contributed by atoms with Gasteiger partial charge in [-0.15, -0.1) is 0 Å². The number of carbonyl (C=O) groups is 1. The van der Waals surface area contributed by atoms with Gasteiger partial charge in [0.1, 0.15) is 5.82 Å². The second-order valence-corrected chi connectivity index (χ2v) is 4.76. The van der Waals surface area contributed by atoms with Gasteiger partial charge in [0.2, 0.25) is 5.91 Å². The smallest absolute Gasteiger partial charge is 0.242 e. The first kappa shape index (κ1) is 12.0. The number of nitrogens with zero attached hydrogens (tertiary/aromatic N) is 1. The van der Waals surface area contributed by atoms with E-state index in [1.807, 2.05) is 0 Å². The molecule has 1 aliphatic carbocycles. The molecule has 0 spiro atoms. The maximum Gasteiger partial charge on any atom is 0.242 e. The average molecular weight is 236 g/mol. The Bertz CT molecular complexity index is 412. The van der Waals surface area contributed by atoms with Crippen molar-refractivity contribution in [1.29, 1.82) is 0 Å². The molecule has 0 atom stereocenters. The average Bonchev–Trinajstić information content (AvgIpc) is 3.06. The second kappa shape index (κ2) is 4.45. The van der Waals surface area contributed by atoms with E-state index in [-0.39, 0.29) is 11.7 Å². The van der Waals surface area contributed by atoms with E-state index in [1.165, 1.54) is 12.1 Å². The summed E-state index contributed by atoms with van der Waals surface area (Å²) >= 11 is 0. The van der Waals surface area contributed by atoms with Crippen LogP contribution in [0.15, 0.2) is 24.3 Å². The third kappa shape index (κ3) is 2.82. The van der Waals surface area contributed by atoms with Gasteiger partial charge in [0, 0.05) is 13.6 Å². The van der Waals surface area contributed by atoms with Crippen molar-refractivity contribution in [2.45, 2.75) is 24.8 Å². The largest absolute Gasteiger partial charge is 0.344 e. The molecule has 1 amide bonds. The molecule has 2 N–H and O–H groups in total. The van der Waals surface area contributed by atoms with Gasteiger partial charge in [-0.05, 0) is 37.0 Å². The van der Waals surface area contributed by atoms with Crippen LogP contribution in [0.3, 0.4) is 0 Å². The topological polar surface area (TPSA) is 46.3 Å². The molecule has 1 aliphatic rings. The van der Waals surface area contributed by atoms with Gasteiger partial charge in [0.05, 0.1) is 5.54 Å². The molecule has 0 unspecified atom stereocenters. The fraction of sp³-hybridized carbons (Fsp3) is 0.462. The van der Waals surface area contributed by atoms with Crippen LogP contribution in [0.4, 0.5) is 4.39 Å². The van der Waals surface area contributed by atoms with Crippen LogP contribution >= 0.6 is 0 Å². The first-order valence-corrected chi connectivity index (χ1v) is 5.80. The van der Waals surface area contributed by atoms with Gasteiger partial charge in [-0.2, -0.15) is 0 Å². The van der Waals surface area contributed by atoms with Crippen molar-refractivity contribution in [3.63, 3.8) is 0 Å². The minimum Gasteiger partial charge on any atom is -0.344 e. The van der Waals surface area contributed by atoms with Gasteiger partial charge in [0.25, 0.3) is 0 Å². The zero-order valence-electron chi connectivity index (χ0n) is 9.95. The predicted molar refractivity (Wildman–Crippen MR) is 63.9 cm³/mol. The molecule has 17 heavy (non-hydrogen) atoms. The molecule has 2 rings (SSSR count). The van der Waals surface area contributed by atoms with Crippen molar-refractivity contribution in [1.82, 2.24) is 4.90 Å². The molecule has 0 radical (unpaired) electrons. The van der Waals surface area contributed by atoms with Gasteiger partial charge in [0.15, 0.2) is 0 Å². The Morgan fingerprint density at radius 2 is 2.00 bits per heavy atom. The molecule has 0 heterocycles. The van der Waals surface area contributed by atoms with E-state index in [0.717, 1.165) is 24.8 Å². The van der Waals surface area contributed by atoms with Crippen molar-refractivity contribution in [2.24, 2.45) is 5.73 Å². The summed E-state index contributed by atoms with van der Waals surface area (Å²) in [5.74, 6) is -0.225. The molecule has 3 nitrogen and oxygen atoms in total. The Morgan fingerprint density at radius 3 is 2.53 bits per heavy atom. The Labute approximate surface area is 100 Å². The third-order valence-corrected chi connectivity index (χ3v) is 3.21. The lowest BCUT2D eigenvalue weighted by Gasteiger charge is -2.20. The van der Waals surface area contributed by atoms with Crippen molar-refractivity contribution in [3.8, 4) is 0 Å². The van der Waals surface area contributed by atoms with Gasteiger partial charge in [-0.1, -0.05) is 12.1 Å². The molecule has 1 fully saturated rings. The highest BCUT2D eigenvalue weighted by Crippen LogP contribution is 2.33. The van der Waals surface area contributed by atoms with E-state index in [1.54, 1.807) is 24.1 Å². The summed E-state index contributed by atoms with van der Waals surface area (Å²) in [5, 5.41) is 0. The van der Waals surface area contributed by atoms with E-state index >= 15 is 0 Å². The summed E-state index contributed by atoms with van der Waals surface area (Å²) in [6, 6.07) is 6.34. The van der Waals surface area contributed by atoms with Crippen LogP contribution in [-0.4, -0.2) is 29.9 Å². The molecule has 0 aliphatic heterocycles. The lowest BCUT2D eigenvalue weighted by atomic mass is 10.1. The van der Waals surface area contributed by atoms with Gasteiger partial charge in [-0.3, -0.25) is 4.79 Å². The molecule has 0 bridgehead atoms. The Hall–Kier alpha value is -1.42. The fourth-order valence-corrected chi connectivity index (χ4v) is 1.78. The molecule has 4 heteroatoms. The number of hydrogen-bond acceptors (Lipinski definition) is 2. The van der Waals surface area contributed by atoms with Crippen molar-refractivity contribution in [2.75, 3.05) is 13.6 Å². The molecule has 0 saturated heterocycles. The van der Waals surface area contributed by atoms with Crippen LogP contribution in [0.5, 0.6) is 0 Å². The lowest BCUT2D eigenvalue weighted by molar-refractivity contribution is -0.132. The number of benzene rings is 1. The minimum absolute atomic E-state index is 0.0135. The van der Waals surface area contributed by atoms with Crippen LogP contribution < -0.4 is 5.73 Å². The van der Waals surface area contributed by atoms with Gasteiger partial charge < -0.3 is 10.6 Å². The minimum atomic E-state index is -0.600. The summed E-state index contributed by atoms with van der Waals surface area (Å²) in [6.45, 7) is 0.614. The maximum absolute atomic E-state index is 12.7. The summed E-state index contributed by atoms with van der Waals surface area (Å²) in [4.78, 5) is 13.5. The Balaban J connectivity index is 1.85. The summed E-state index contributed by atoms with van der Waals surface area (Å²) in [6.07, 6.45) is 2.29. The maximum atomic E-state index is 12.7. The van der Waals surface area contributed by atoms with Crippen molar-refractivity contribution < 1.29 is 9.18 Å². The number of amides is 1. The van der Waals surface area contributed by atoms with E-state index in [0.29, 0.717) is 6.54 Å². The molecule has 1 saturated carbocycles. The number of hydrogen-bond donors (Lipinski definition) is 1. The Morgan fingerprint density at radius 1 is 1.41 bits per heavy atom.